The molecule has 2 aromatic heterocycles. The number of hydrogen-bond donors (Lipinski definition) is 6. The molecule has 9 N–H and O–H groups in total. The molecule has 0 aliphatic heterocycles. The third kappa shape index (κ3) is 13.0. The van der Waals surface area contributed by atoms with Gasteiger partial charge in [0.2, 0.25) is 0 Å². The molecule has 0 spiro atoms. The van der Waals surface area contributed by atoms with Crippen LogP contribution in [0.5, 0.6) is 5.75 Å². The molecule has 4 rings (SSSR count). The number of alkyl halides is 3. The van der Waals surface area contributed by atoms with Gasteiger partial charge in [-0.15, -0.1) is 13.2 Å². The number of aliphatic hydroxyl groups is 1. The van der Waals surface area contributed by atoms with E-state index in [4.69, 9.17) is 17.2 Å². The molecule has 0 fully saturated rings. The molecular weight excluding hydrogens is 729 g/mol. The van der Waals surface area contributed by atoms with Crippen molar-refractivity contribution in [3.63, 3.8) is 0 Å². The van der Waals surface area contributed by atoms with Gasteiger partial charge in [0.1, 0.15) is 11.4 Å². The normalized spacial score (nSPS) is 12.7. The number of aliphatic imine (C=N–C) groups is 1. The van der Waals surface area contributed by atoms with Gasteiger partial charge in [0.05, 0.1) is 11.8 Å². The van der Waals surface area contributed by atoms with E-state index in [0.29, 0.717) is 28.6 Å². The third-order valence-corrected chi connectivity index (χ3v) is 8.56. The van der Waals surface area contributed by atoms with Crippen molar-refractivity contribution in [2.45, 2.75) is 90.6 Å². The highest BCUT2D eigenvalue weighted by molar-refractivity contribution is 9.10. The van der Waals surface area contributed by atoms with Crippen molar-refractivity contribution < 1.29 is 23.0 Å². The van der Waals surface area contributed by atoms with Crippen LogP contribution < -0.4 is 32.9 Å². The quantitative estimate of drug-likeness (QED) is 0.0605. The lowest BCUT2D eigenvalue weighted by Crippen LogP contribution is -2.23. The summed E-state index contributed by atoms with van der Waals surface area (Å²) in [6.07, 6.45) is -2.56. The number of fused-ring (bicyclic) bond motifs is 1. The number of nitrogens with two attached hydrogens (primary N) is 3. The maximum Gasteiger partial charge on any atom is 0.573 e. The molecule has 0 aliphatic carbocycles. The number of guanidine groups is 1. The van der Waals surface area contributed by atoms with Crippen LogP contribution in [0.3, 0.4) is 0 Å². The number of aromatic nitrogens is 3. The van der Waals surface area contributed by atoms with E-state index >= 15 is 0 Å². The van der Waals surface area contributed by atoms with Gasteiger partial charge in [-0.05, 0) is 72.8 Å². The molecule has 4 aromatic rings. The Balaban J connectivity index is 0.000000287. The van der Waals surface area contributed by atoms with Crippen molar-refractivity contribution in [2.24, 2.45) is 22.2 Å². The highest BCUT2D eigenvalue weighted by atomic mass is 79.9. The summed E-state index contributed by atoms with van der Waals surface area (Å²) in [7, 11) is 0. The van der Waals surface area contributed by atoms with Gasteiger partial charge in [0.25, 0.3) is 0 Å². The molecule has 280 valence electrons. The van der Waals surface area contributed by atoms with Gasteiger partial charge in [-0.25, -0.2) is 4.79 Å². The highest BCUT2D eigenvalue weighted by Gasteiger charge is 2.33. The van der Waals surface area contributed by atoms with Gasteiger partial charge >= 0.3 is 12.1 Å². The molecular formula is C36H50BrF3N8O3. The Kier molecular flexibility index (Phi) is 14.3. The van der Waals surface area contributed by atoms with Crippen molar-refractivity contribution in [1.29, 1.82) is 0 Å². The Labute approximate surface area is 305 Å². The number of nitrogens with zero attached hydrogens (tertiary/aromatic N) is 3. The van der Waals surface area contributed by atoms with Crippen molar-refractivity contribution in [2.75, 3.05) is 19.6 Å². The minimum Gasteiger partial charge on any atom is -0.405 e. The van der Waals surface area contributed by atoms with Crippen LogP contribution in [0.2, 0.25) is 0 Å². The van der Waals surface area contributed by atoms with Crippen molar-refractivity contribution in [3.05, 3.63) is 86.0 Å². The summed E-state index contributed by atoms with van der Waals surface area (Å²) in [5, 5.41) is 14.1. The molecule has 0 aliphatic rings. The zero-order chi connectivity index (χ0) is 38.1. The maximum atomic E-state index is 12.6. The summed E-state index contributed by atoms with van der Waals surface area (Å²) in [6, 6.07) is 13.1. The number of benzene rings is 2. The van der Waals surface area contributed by atoms with Crippen LogP contribution in [-0.4, -0.2) is 57.7 Å². The summed E-state index contributed by atoms with van der Waals surface area (Å²) < 4.78 is 44.2. The molecule has 1 atom stereocenters. The van der Waals surface area contributed by atoms with Crippen LogP contribution >= 0.6 is 15.9 Å². The monoisotopic (exact) mass is 778 g/mol. The van der Waals surface area contributed by atoms with Crippen LogP contribution in [0.4, 0.5) is 13.2 Å². The summed E-state index contributed by atoms with van der Waals surface area (Å²) in [5.41, 5.74) is 19.9. The van der Waals surface area contributed by atoms with Gasteiger partial charge in [-0.2, -0.15) is 4.98 Å². The van der Waals surface area contributed by atoms with Gasteiger partial charge in [-0.3, -0.25) is 9.56 Å². The lowest BCUT2D eigenvalue weighted by Gasteiger charge is -2.24. The van der Waals surface area contributed by atoms with Crippen LogP contribution in [0, 0.1) is 0 Å². The standard InChI is InChI=1S/C21H29N7O.C15H21BrF3NO2/c1-21(2,3)17-11-15-13-28(20(29)27-18(15)26-17)16-7-5-14(6-8-16)12-24-9-4-10-25-19(22)23;1-14(2,3)9-6-12(16)11(8-10(21)4-5-20)13(7-9)22-15(17,18)19/h5-8,11,13,24H,4,9-10,12H2,1-3H3,(H4,22,23,25)(H,26,27,29);6-7,10,21H,4-5,8,20H2,1-3H3. The number of aromatic amines is 1. The average Bonchev–Trinajstić information content (AvgIpc) is 3.43. The Morgan fingerprint density at radius 2 is 1.75 bits per heavy atom. The first kappa shape index (κ1) is 41.5. The van der Waals surface area contributed by atoms with E-state index in [1.165, 1.54) is 6.07 Å². The zero-order valence-corrected chi connectivity index (χ0v) is 31.6. The van der Waals surface area contributed by atoms with Crippen LogP contribution in [-0.2, 0) is 23.8 Å². The van der Waals surface area contributed by atoms with E-state index in [1.54, 1.807) is 10.6 Å². The number of rotatable bonds is 12. The molecule has 15 heteroatoms. The van der Waals surface area contributed by atoms with E-state index in [2.05, 4.69) is 67.8 Å². The summed E-state index contributed by atoms with van der Waals surface area (Å²) in [4.78, 5) is 23.9. The molecule has 0 radical (unpaired) electrons. The lowest BCUT2D eigenvalue weighted by molar-refractivity contribution is -0.275. The summed E-state index contributed by atoms with van der Waals surface area (Å²) in [5.74, 6) is -0.166. The molecule has 0 saturated heterocycles. The molecule has 2 heterocycles. The zero-order valence-electron chi connectivity index (χ0n) is 30.0. The first-order chi connectivity index (χ1) is 23.7. The number of aliphatic hydroxyl groups excluding tert-OH is 1. The molecule has 2 aromatic carbocycles. The molecule has 11 nitrogen and oxygen atoms in total. The van der Waals surface area contributed by atoms with E-state index in [-0.39, 0.29) is 46.8 Å². The number of ether oxygens (including phenoxy) is 1. The number of halogens is 4. The van der Waals surface area contributed by atoms with E-state index in [0.717, 1.165) is 41.8 Å². The molecule has 1 unspecified atom stereocenters. The van der Waals surface area contributed by atoms with Crippen molar-refractivity contribution in [3.8, 4) is 11.4 Å². The number of H-pyrrole nitrogens is 1. The fourth-order valence-electron chi connectivity index (χ4n) is 4.99. The lowest BCUT2D eigenvalue weighted by atomic mass is 9.86. The SMILES string of the molecule is CC(C)(C)c1cc(Br)c(CC(O)CCN)c(OC(F)(F)F)c1.CC(C)(C)c1cc2cn(-c3ccc(CNCCCN=C(N)N)cc3)c(=O)nc2[nH]1. The fraction of sp³-hybridized carbons (Fsp3) is 0.472. The Bertz CT molecular complexity index is 1820. The predicted octanol–water partition coefficient (Wildman–Crippen LogP) is 5.66. The molecule has 51 heavy (non-hydrogen) atoms. The van der Waals surface area contributed by atoms with E-state index in [9.17, 15) is 23.1 Å². The molecule has 0 bridgehead atoms. The average molecular weight is 780 g/mol. The van der Waals surface area contributed by atoms with Crippen LogP contribution in [0.1, 0.15) is 76.8 Å². The Morgan fingerprint density at radius 1 is 1.08 bits per heavy atom. The number of nitrogens with one attached hydrogen (secondary N) is 2. The summed E-state index contributed by atoms with van der Waals surface area (Å²) >= 11 is 3.29. The second-order valence-corrected chi connectivity index (χ2v) is 15.2. The highest BCUT2D eigenvalue weighted by Crippen LogP contribution is 2.37. The Morgan fingerprint density at radius 3 is 2.31 bits per heavy atom. The molecule has 0 saturated carbocycles. The molecule has 0 amide bonds. The van der Waals surface area contributed by atoms with Crippen molar-refractivity contribution >= 4 is 32.9 Å². The fourth-order valence-corrected chi connectivity index (χ4v) is 5.59. The summed E-state index contributed by atoms with van der Waals surface area (Å²) in [6.45, 7) is 14.5. The van der Waals surface area contributed by atoms with Crippen molar-refractivity contribution in [1.82, 2.24) is 19.9 Å². The van der Waals surface area contributed by atoms with E-state index < -0.39 is 12.5 Å². The van der Waals surface area contributed by atoms with Gasteiger partial charge in [-0.1, -0.05) is 69.6 Å². The predicted molar refractivity (Wildman–Crippen MR) is 200 cm³/mol. The van der Waals surface area contributed by atoms with E-state index in [1.807, 2.05) is 51.2 Å². The topological polar surface area (TPSA) is 183 Å². The van der Waals surface area contributed by atoms with Gasteiger partial charge in [0, 0.05) is 52.2 Å². The van der Waals surface area contributed by atoms with Gasteiger partial charge < -0.3 is 37.3 Å². The second kappa shape index (κ2) is 17.5. The largest absolute Gasteiger partial charge is 0.573 e. The Hall–Kier alpha value is -3.92. The number of hydrogen-bond acceptors (Lipinski definition) is 7. The minimum absolute atomic E-state index is 0.0352. The first-order valence-corrected chi connectivity index (χ1v) is 17.4. The van der Waals surface area contributed by atoms with Gasteiger partial charge in [0.15, 0.2) is 5.96 Å². The van der Waals surface area contributed by atoms with Crippen LogP contribution in [0.25, 0.3) is 16.7 Å². The minimum atomic E-state index is -4.79. The first-order valence-electron chi connectivity index (χ1n) is 16.6. The third-order valence-electron chi connectivity index (χ3n) is 7.85. The smallest absolute Gasteiger partial charge is 0.405 e. The second-order valence-electron chi connectivity index (χ2n) is 14.3. The maximum absolute atomic E-state index is 12.6. The van der Waals surface area contributed by atoms with Crippen LogP contribution in [0.15, 0.2) is 62.9 Å².